The Morgan fingerprint density at radius 2 is 1.97 bits per heavy atom. The molecule has 7 heteroatoms. The van der Waals surface area contributed by atoms with Crippen LogP contribution in [0.2, 0.25) is 5.02 Å². The van der Waals surface area contributed by atoms with Gasteiger partial charge in [0.05, 0.1) is 18.8 Å². The second kappa shape index (κ2) is 7.93. The maximum absolute atomic E-state index is 12.5. The standard InChI is InChI=1S/C22H19ClN4O2/c1-13(17-12-14-11-15(23)7-8-18(14)26-21(17)28)25-22-24-10-9-19(27-22)16-5-3-4-6-20(16)29-2/h3-13H,1-2H3,(H,26,28)(H,24,25,27)/t13-/m0/s1. The van der Waals surface area contributed by atoms with E-state index in [1.165, 1.54) is 0 Å². The van der Waals surface area contributed by atoms with Crippen molar-refractivity contribution in [2.24, 2.45) is 0 Å². The Morgan fingerprint density at radius 3 is 2.79 bits per heavy atom. The largest absolute Gasteiger partial charge is 0.496 e. The van der Waals surface area contributed by atoms with Crippen molar-refractivity contribution in [1.82, 2.24) is 15.0 Å². The van der Waals surface area contributed by atoms with Crippen LogP contribution in [0.5, 0.6) is 5.75 Å². The number of hydrogen-bond donors (Lipinski definition) is 2. The normalized spacial score (nSPS) is 12.0. The van der Waals surface area contributed by atoms with Crippen LogP contribution in [0.4, 0.5) is 5.95 Å². The minimum absolute atomic E-state index is 0.166. The number of ether oxygens (including phenoxy) is 1. The zero-order valence-electron chi connectivity index (χ0n) is 15.9. The fraction of sp³-hybridized carbons (Fsp3) is 0.136. The second-order valence-corrected chi connectivity index (χ2v) is 7.05. The molecule has 2 aromatic carbocycles. The predicted octanol–water partition coefficient (Wildman–Crippen LogP) is 4.82. The number of pyridine rings is 1. The molecule has 0 amide bonds. The van der Waals surface area contributed by atoms with Crippen molar-refractivity contribution in [3.63, 3.8) is 0 Å². The molecule has 4 aromatic rings. The molecule has 0 aliphatic carbocycles. The molecule has 2 heterocycles. The first kappa shape index (κ1) is 19.0. The smallest absolute Gasteiger partial charge is 0.253 e. The van der Waals surface area contributed by atoms with Crippen LogP contribution >= 0.6 is 11.6 Å². The summed E-state index contributed by atoms with van der Waals surface area (Å²) in [5.41, 5.74) is 2.74. The molecule has 0 fully saturated rings. The Bertz CT molecular complexity index is 1240. The Hall–Kier alpha value is -3.38. The first-order valence-electron chi connectivity index (χ1n) is 9.10. The average Bonchev–Trinajstić information content (AvgIpc) is 2.73. The van der Waals surface area contributed by atoms with Crippen molar-refractivity contribution in [3.05, 3.63) is 81.7 Å². The minimum Gasteiger partial charge on any atom is -0.496 e. The van der Waals surface area contributed by atoms with E-state index in [9.17, 15) is 4.79 Å². The highest BCUT2D eigenvalue weighted by Gasteiger charge is 2.14. The van der Waals surface area contributed by atoms with E-state index >= 15 is 0 Å². The van der Waals surface area contributed by atoms with Crippen molar-refractivity contribution < 1.29 is 4.74 Å². The van der Waals surface area contributed by atoms with Crippen molar-refractivity contribution in [2.75, 3.05) is 12.4 Å². The van der Waals surface area contributed by atoms with Gasteiger partial charge in [0.1, 0.15) is 5.75 Å². The molecule has 0 aliphatic heterocycles. The number of benzene rings is 2. The lowest BCUT2D eigenvalue weighted by Crippen LogP contribution is -2.20. The molecule has 0 unspecified atom stereocenters. The fourth-order valence-electron chi connectivity index (χ4n) is 3.22. The molecule has 0 radical (unpaired) electrons. The second-order valence-electron chi connectivity index (χ2n) is 6.62. The summed E-state index contributed by atoms with van der Waals surface area (Å²) in [4.78, 5) is 24.3. The summed E-state index contributed by atoms with van der Waals surface area (Å²) in [6.07, 6.45) is 1.67. The van der Waals surface area contributed by atoms with Crippen LogP contribution in [0.1, 0.15) is 18.5 Å². The van der Waals surface area contributed by atoms with E-state index in [1.54, 1.807) is 25.4 Å². The van der Waals surface area contributed by atoms with Crippen molar-refractivity contribution in [3.8, 4) is 17.0 Å². The Balaban J connectivity index is 1.65. The lowest BCUT2D eigenvalue weighted by Gasteiger charge is -2.15. The molecule has 6 nitrogen and oxygen atoms in total. The van der Waals surface area contributed by atoms with E-state index in [1.807, 2.05) is 49.4 Å². The van der Waals surface area contributed by atoms with E-state index in [-0.39, 0.29) is 11.6 Å². The van der Waals surface area contributed by atoms with Crippen LogP contribution in [-0.2, 0) is 0 Å². The molecule has 0 bridgehead atoms. The third kappa shape index (κ3) is 3.93. The molecule has 0 aliphatic rings. The van der Waals surface area contributed by atoms with Gasteiger partial charge in [0.2, 0.25) is 5.95 Å². The number of rotatable bonds is 5. The van der Waals surface area contributed by atoms with Gasteiger partial charge in [-0.1, -0.05) is 23.7 Å². The molecule has 4 rings (SSSR count). The maximum Gasteiger partial charge on any atom is 0.253 e. The summed E-state index contributed by atoms with van der Waals surface area (Å²) < 4.78 is 5.42. The van der Waals surface area contributed by atoms with Crippen molar-refractivity contribution in [2.45, 2.75) is 13.0 Å². The van der Waals surface area contributed by atoms with Gasteiger partial charge in [-0.05, 0) is 49.4 Å². The summed E-state index contributed by atoms with van der Waals surface area (Å²) in [5, 5.41) is 4.69. The number of halogens is 1. The molecule has 0 saturated carbocycles. The molecule has 2 aromatic heterocycles. The third-order valence-electron chi connectivity index (χ3n) is 4.69. The van der Waals surface area contributed by atoms with Gasteiger partial charge in [0.25, 0.3) is 5.56 Å². The molecule has 0 saturated heterocycles. The van der Waals surface area contributed by atoms with Gasteiger partial charge in [-0.3, -0.25) is 4.79 Å². The molecule has 1 atom stereocenters. The molecule has 0 spiro atoms. The number of hydrogen-bond acceptors (Lipinski definition) is 5. The molecule has 29 heavy (non-hydrogen) atoms. The van der Waals surface area contributed by atoms with Crippen molar-refractivity contribution >= 4 is 28.5 Å². The molecular formula is C22H19ClN4O2. The molecule has 146 valence electrons. The molecule has 2 N–H and O–H groups in total. The van der Waals surface area contributed by atoms with Crippen LogP contribution < -0.4 is 15.6 Å². The Labute approximate surface area is 172 Å². The Kier molecular flexibility index (Phi) is 5.18. The van der Waals surface area contributed by atoms with Crippen LogP contribution in [0.15, 0.2) is 65.6 Å². The van der Waals surface area contributed by atoms with Gasteiger partial charge in [-0.2, -0.15) is 0 Å². The van der Waals surface area contributed by atoms with Gasteiger partial charge >= 0.3 is 0 Å². The van der Waals surface area contributed by atoms with Gasteiger partial charge in [-0.15, -0.1) is 0 Å². The Morgan fingerprint density at radius 1 is 1.14 bits per heavy atom. The van der Waals surface area contributed by atoms with E-state index in [4.69, 9.17) is 16.3 Å². The summed E-state index contributed by atoms with van der Waals surface area (Å²) in [7, 11) is 1.62. The average molecular weight is 407 g/mol. The van der Waals surface area contributed by atoms with Crippen LogP contribution in [0.3, 0.4) is 0 Å². The highest BCUT2D eigenvalue weighted by molar-refractivity contribution is 6.31. The number of aromatic amines is 1. The zero-order valence-corrected chi connectivity index (χ0v) is 16.7. The summed E-state index contributed by atoms with van der Waals surface area (Å²) in [5.74, 6) is 1.15. The topological polar surface area (TPSA) is 79.9 Å². The molecular weight excluding hydrogens is 388 g/mol. The quantitative estimate of drug-likeness (QED) is 0.496. The first-order chi connectivity index (χ1) is 14.0. The lowest BCUT2D eigenvalue weighted by atomic mass is 10.1. The number of nitrogens with one attached hydrogen (secondary N) is 2. The summed E-state index contributed by atoms with van der Waals surface area (Å²) in [6, 6.07) is 16.4. The third-order valence-corrected chi connectivity index (χ3v) is 4.92. The predicted molar refractivity (Wildman–Crippen MR) is 116 cm³/mol. The number of fused-ring (bicyclic) bond motifs is 1. The zero-order chi connectivity index (χ0) is 20.4. The lowest BCUT2D eigenvalue weighted by molar-refractivity contribution is 0.416. The number of aromatic nitrogens is 3. The van der Waals surface area contributed by atoms with Crippen LogP contribution in [0, 0.1) is 0 Å². The summed E-state index contributed by atoms with van der Waals surface area (Å²) in [6.45, 7) is 1.89. The number of anilines is 1. The SMILES string of the molecule is COc1ccccc1-c1ccnc(N[C@@H](C)c2cc3cc(Cl)ccc3[nH]c2=O)n1. The first-order valence-corrected chi connectivity index (χ1v) is 9.48. The van der Waals surface area contributed by atoms with E-state index < -0.39 is 0 Å². The number of nitrogens with zero attached hydrogens (tertiary/aromatic N) is 2. The number of para-hydroxylation sites is 1. The summed E-state index contributed by atoms with van der Waals surface area (Å²) >= 11 is 6.08. The van der Waals surface area contributed by atoms with Gasteiger partial charge in [-0.25, -0.2) is 9.97 Å². The highest BCUT2D eigenvalue weighted by atomic mass is 35.5. The van der Waals surface area contributed by atoms with E-state index in [0.29, 0.717) is 16.5 Å². The van der Waals surface area contributed by atoms with Gasteiger partial charge < -0.3 is 15.0 Å². The fourth-order valence-corrected chi connectivity index (χ4v) is 3.40. The minimum atomic E-state index is -0.310. The van der Waals surface area contributed by atoms with Gasteiger partial charge in [0.15, 0.2) is 0 Å². The highest BCUT2D eigenvalue weighted by Crippen LogP contribution is 2.28. The van der Waals surface area contributed by atoms with E-state index in [2.05, 4.69) is 20.3 Å². The van der Waals surface area contributed by atoms with Crippen molar-refractivity contribution in [1.29, 1.82) is 0 Å². The number of H-pyrrole nitrogens is 1. The monoisotopic (exact) mass is 406 g/mol. The van der Waals surface area contributed by atoms with Crippen LogP contribution in [0.25, 0.3) is 22.2 Å². The number of methoxy groups -OCH3 is 1. The maximum atomic E-state index is 12.5. The van der Waals surface area contributed by atoms with E-state index in [0.717, 1.165) is 27.9 Å². The van der Waals surface area contributed by atoms with Crippen LogP contribution in [-0.4, -0.2) is 22.1 Å². The van der Waals surface area contributed by atoms with Gasteiger partial charge in [0, 0.05) is 33.2 Å².